The Morgan fingerprint density at radius 3 is 2.38 bits per heavy atom. The van der Waals surface area contributed by atoms with E-state index < -0.39 is 11.9 Å². The highest BCUT2D eigenvalue weighted by Crippen LogP contribution is 2.20. The minimum absolute atomic E-state index is 0.00149. The predicted molar refractivity (Wildman–Crippen MR) is 80.0 cm³/mol. The number of carbonyl (C=O) groups is 2. The smallest absolute Gasteiger partial charge is 0.310 e. The second-order valence-corrected chi connectivity index (χ2v) is 5.48. The van der Waals surface area contributed by atoms with Crippen molar-refractivity contribution in [3.63, 3.8) is 0 Å². The van der Waals surface area contributed by atoms with Crippen LogP contribution in [0.5, 0.6) is 0 Å². The summed E-state index contributed by atoms with van der Waals surface area (Å²) in [5.41, 5.74) is 0.931. The Morgan fingerprint density at radius 2 is 1.90 bits per heavy atom. The highest BCUT2D eigenvalue weighted by Gasteiger charge is 2.38. The number of hydrogen-bond acceptors (Lipinski definition) is 4. The van der Waals surface area contributed by atoms with Crippen molar-refractivity contribution in [2.75, 3.05) is 39.4 Å². The third-order valence-corrected chi connectivity index (χ3v) is 3.78. The first-order valence-electron chi connectivity index (χ1n) is 7.37. The molecule has 0 aromatic rings. The summed E-state index contributed by atoms with van der Waals surface area (Å²) in [5, 5.41) is 9.22. The molecule has 0 aliphatic carbocycles. The lowest BCUT2D eigenvalue weighted by Gasteiger charge is -2.31. The molecule has 0 aromatic carbocycles. The maximum Gasteiger partial charge on any atom is 0.310 e. The number of hydrogen-bond donors (Lipinski definition) is 1. The lowest BCUT2D eigenvalue weighted by atomic mass is 10.0. The molecule has 1 amide bonds. The van der Waals surface area contributed by atoms with Gasteiger partial charge in [-0.1, -0.05) is 19.1 Å². The first-order chi connectivity index (χ1) is 9.90. The fraction of sp³-hybridized carbons (Fsp3) is 0.733. The summed E-state index contributed by atoms with van der Waals surface area (Å²) >= 11 is 0. The van der Waals surface area contributed by atoms with Gasteiger partial charge < -0.3 is 14.7 Å². The molecule has 1 heterocycles. The molecule has 1 aliphatic rings. The largest absolute Gasteiger partial charge is 0.481 e. The van der Waals surface area contributed by atoms with Gasteiger partial charge in [-0.2, -0.15) is 0 Å². The zero-order valence-corrected chi connectivity index (χ0v) is 13.2. The van der Waals surface area contributed by atoms with Crippen LogP contribution in [0.1, 0.15) is 20.8 Å². The van der Waals surface area contributed by atoms with Crippen LogP contribution >= 0.6 is 0 Å². The molecule has 0 radical (unpaired) electrons. The summed E-state index contributed by atoms with van der Waals surface area (Å²) in [7, 11) is 0. The number of rotatable bonds is 8. The van der Waals surface area contributed by atoms with Crippen molar-refractivity contribution < 1.29 is 19.4 Å². The van der Waals surface area contributed by atoms with Crippen LogP contribution in [0.25, 0.3) is 0 Å². The standard InChI is InChI=1S/C15H26N2O4/c1-5-16(13-10-21-9-12(13)15(19)20)8-14(18)17(6-2)7-11(3)4/h12-13H,3,5-10H2,1-2,4H3,(H,19,20). The van der Waals surface area contributed by atoms with Crippen LogP contribution in [0.2, 0.25) is 0 Å². The van der Waals surface area contributed by atoms with Crippen molar-refractivity contribution in [2.24, 2.45) is 5.92 Å². The van der Waals surface area contributed by atoms with E-state index >= 15 is 0 Å². The van der Waals surface area contributed by atoms with Crippen LogP contribution in [-0.2, 0) is 14.3 Å². The third kappa shape index (κ3) is 4.82. The van der Waals surface area contributed by atoms with Crippen LogP contribution in [-0.4, -0.2) is 72.2 Å². The van der Waals surface area contributed by atoms with E-state index in [2.05, 4.69) is 6.58 Å². The highest BCUT2D eigenvalue weighted by atomic mass is 16.5. The quantitative estimate of drug-likeness (QED) is 0.672. The Hall–Kier alpha value is -1.40. The van der Waals surface area contributed by atoms with E-state index in [0.29, 0.717) is 26.2 Å². The molecule has 120 valence electrons. The summed E-state index contributed by atoms with van der Waals surface area (Å²) in [4.78, 5) is 27.2. The van der Waals surface area contributed by atoms with Crippen LogP contribution in [0.3, 0.4) is 0 Å². The normalized spacial score (nSPS) is 21.5. The van der Waals surface area contributed by atoms with Gasteiger partial charge in [-0.15, -0.1) is 0 Å². The summed E-state index contributed by atoms with van der Waals surface area (Å²) in [6.07, 6.45) is 0. The number of ether oxygens (including phenoxy) is 1. The van der Waals surface area contributed by atoms with E-state index in [0.717, 1.165) is 5.57 Å². The molecule has 0 aromatic heterocycles. The van der Waals surface area contributed by atoms with E-state index in [1.807, 2.05) is 25.7 Å². The Balaban J connectivity index is 2.70. The molecule has 1 N–H and O–H groups in total. The maximum atomic E-state index is 12.4. The fourth-order valence-electron chi connectivity index (χ4n) is 2.58. The second kappa shape index (κ2) is 8.14. The molecular weight excluding hydrogens is 272 g/mol. The lowest BCUT2D eigenvalue weighted by Crippen LogP contribution is -2.48. The minimum atomic E-state index is -0.863. The van der Waals surface area contributed by atoms with Gasteiger partial charge in [-0.05, 0) is 20.4 Å². The number of carbonyl (C=O) groups excluding carboxylic acids is 1. The number of carboxylic acid groups (broad SMARTS) is 1. The van der Waals surface area contributed by atoms with Gasteiger partial charge in [0.05, 0.1) is 25.7 Å². The Morgan fingerprint density at radius 1 is 1.24 bits per heavy atom. The zero-order valence-electron chi connectivity index (χ0n) is 13.2. The van der Waals surface area contributed by atoms with Crippen molar-refractivity contribution in [1.29, 1.82) is 0 Å². The van der Waals surface area contributed by atoms with Gasteiger partial charge in [-0.3, -0.25) is 14.5 Å². The summed E-state index contributed by atoms with van der Waals surface area (Å²) in [6.45, 7) is 12.2. The maximum absolute atomic E-state index is 12.4. The van der Waals surface area contributed by atoms with Gasteiger partial charge in [0.15, 0.2) is 0 Å². The number of carboxylic acids is 1. The molecule has 0 spiro atoms. The van der Waals surface area contributed by atoms with E-state index in [-0.39, 0.29) is 25.1 Å². The molecule has 1 saturated heterocycles. The summed E-state index contributed by atoms with van der Waals surface area (Å²) in [5.74, 6) is -1.43. The molecule has 6 nitrogen and oxygen atoms in total. The topological polar surface area (TPSA) is 70.1 Å². The first-order valence-corrected chi connectivity index (χ1v) is 7.37. The summed E-state index contributed by atoms with van der Waals surface area (Å²) < 4.78 is 5.29. The summed E-state index contributed by atoms with van der Waals surface area (Å²) in [6, 6.07) is -0.236. The molecule has 0 bridgehead atoms. The van der Waals surface area contributed by atoms with Crippen LogP contribution < -0.4 is 0 Å². The van der Waals surface area contributed by atoms with Gasteiger partial charge in [-0.25, -0.2) is 0 Å². The Labute approximate surface area is 126 Å². The Bertz CT molecular complexity index is 397. The van der Waals surface area contributed by atoms with Crippen LogP contribution in [0, 0.1) is 5.92 Å². The highest BCUT2D eigenvalue weighted by molar-refractivity contribution is 5.79. The van der Waals surface area contributed by atoms with E-state index in [9.17, 15) is 14.7 Å². The average molecular weight is 298 g/mol. The second-order valence-electron chi connectivity index (χ2n) is 5.48. The predicted octanol–water partition coefficient (Wildman–Crippen LogP) is 0.833. The minimum Gasteiger partial charge on any atom is -0.481 e. The molecule has 1 fully saturated rings. The van der Waals surface area contributed by atoms with E-state index in [4.69, 9.17) is 4.74 Å². The first kappa shape index (κ1) is 17.7. The van der Waals surface area contributed by atoms with Gasteiger partial charge >= 0.3 is 5.97 Å². The number of amides is 1. The molecule has 2 unspecified atom stereocenters. The van der Waals surface area contributed by atoms with E-state index in [1.165, 1.54) is 0 Å². The number of aliphatic carboxylic acids is 1. The van der Waals surface area contributed by atoms with Crippen LogP contribution in [0.15, 0.2) is 12.2 Å². The van der Waals surface area contributed by atoms with Crippen molar-refractivity contribution in [3.8, 4) is 0 Å². The molecule has 1 aliphatic heterocycles. The lowest BCUT2D eigenvalue weighted by molar-refractivity contribution is -0.144. The molecular formula is C15H26N2O4. The van der Waals surface area contributed by atoms with Crippen LogP contribution in [0.4, 0.5) is 0 Å². The van der Waals surface area contributed by atoms with Gasteiger partial charge in [0.1, 0.15) is 0 Å². The molecule has 6 heteroatoms. The molecule has 0 saturated carbocycles. The number of nitrogens with zero attached hydrogens (tertiary/aromatic N) is 2. The van der Waals surface area contributed by atoms with Crippen molar-refractivity contribution in [2.45, 2.75) is 26.8 Å². The number of likely N-dealkylation sites (N-methyl/N-ethyl adjacent to an activating group) is 2. The molecule has 21 heavy (non-hydrogen) atoms. The van der Waals surface area contributed by atoms with E-state index in [1.54, 1.807) is 4.90 Å². The monoisotopic (exact) mass is 298 g/mol. The molecule has 1 rings (SSSR count). The van der Waals surface area contributed by atoms with Crippen molar-refractivity contribution in [3.05, 3.63) is 12.2 Å². The zero-order chi connectivity index (χ0) is 16.0. The molecule has 2 atom stereocenters. The van der Waals surface area contributed by atoms with Crippen molar-refractivity contribution in [1.82, 2.24) is 9.80 Å². The van der Waals surface area contributed by atoms with Gasteiger partial charge in [0.2, 0.25) is 5.91 Å². The third-order valence-electron chi connectivity index (χ3n) is 3.78. The van der Waals surface area contributed by atoms with Gasteiger partial charge in [0.25, 0.3) is 0 Å². The average Bonchev–Trinajstić information content (AvgIpc) is 2.90. The van der Waals surface area contributed by atoms with Gasteiger partial charge in [0, 0.05) is 19.1 Å². The fourth-order valence-corrected chi connectivity index (χ4v) is 2.58. The van der Waals surface area contributed by atoms with Crippen molar-refractivity contribution >= 4 is 11.9 Å². The Kier molecular flexibility index (Phi) is 6.84. The SMILES string of the molecule is C=C(C)CN(CC)C(=O)CN(CC)C1COCC1C(=O)O.